The Morgan fingerprint density at radius 1 is 0.842 bits per heavy atom. The smallest absolute Gasteiger partial charge is 0.113 e. The zero-order chi connectivity index (χ0) is 13.1. The van der Waals surface area contributed by atoms with Gasteiger partial charge < -0.3 is 0 Å². The quantitative estimate of drug-likeness (QED) is 0.433. The Kier molecular flexibility index (Phi) is 3.04. The van der Waals surface area contributed by atoms with Gasteiger partial charge in [-0.25, -0.2) is 0 Å². The molecule has 3 rings (SSSR count). The van der Waals surface area contributed by atoms with Crippen LogP contribution in [0.1, 0.15) is 11.1 Å². The van der Waals surface area contributed by atoms with Gasteiger partial charge in [0.15, 0.2) is 0 Å². The Balaban J connectivity index is 1.95. The van der Waals surface area contributed by atoms with Gasteiger partial charge in [-0.05, 0) is 24.3 Å². The molecule has 2 aromatic carbocycles. The highest BCUT2D eigenvalue weighted by molar-refractivity contribution is 6.32. The summed E-state index contributed by atoms with van der Waals surface area (Å²) in [6, 6.07) is 17.6. The van der Waals surface area contributed by atoms with Crippen molar-refractivity contribution in [2.75, 3.05) is 0 Å². The molecule has 0 unspecified atom stereocenters. The first kappa shape index (κ1) is 11.6. The highest BCUT2D eigenvalue weighted by atomic mass is 14.6. The van der Waals surface area contributed by atoms with Gasteiger partial charge >= 0.3 is 0 Å². The van der Waals surface area contributed by atoms with Crippen LogP contribution in [0.4, 0.5) is 0 Å². The van der Waals surface area contributed by atoms with Crippen molar-refractivity contribution < 1.29 is 0 Å². The molecule has 0 bridgehead atoms. The number of para-hydroxylation sites is 1. The lowest BCUT2D eigenvalue weighted by Gasteiger charge is -1.96. The topological polar surface area (TPSA) is 12.9 Å². The van der Waals surface area contributed by atoms with Crippen molar-refractivity contribution in [3.05, 3.63) is 71.9 Å². The maximum absolute atomic E-state index is 5.64. The van der Waals surface area contributed by atoms with E-state index in [0.29, 0.717) is 0 Å². The van der Waals surface area contributed by atoms with Gasteiger partial charge in [-0.1, -0.05) is 47.6 Å². The molecule has 1 nitrogen and oxygen atoms in total. The van der Waals surface area contributed by atoms with Crippen molar-refractivity contribution in [2.24, 2.45) is 0 Å². The molecule has 0 saturated carbocycles. The lowest BCUT2D eigenvalue weighted by molar-refractivity contribution is 1.39. The summed E-state index contributed by atoms with van der Waals surface area (Å²) >= 11 is 0. The number of hydrogen-bond donors (Lipinski definition) is 0. The highest BCUT2D eigenvalue weighted by Gasteiger charge is 1.94. The van der Waals surface area contributed by atoms with E-state index in [2.05, 4.69) is 16.8 Å². The van der Waals surface area contributed by atoms with Gasteiger partial charge in [0.1, 0.15) is 7.85 Å². The van der Waals surface area contributed by atoms with Gasteiger partial charge in [0.2, 0.25) is 0 Å². The highest BCUT2D eigenvalue weighted by Crippen LogP contribution is 2.11. The molecule has 0 fully saturated rings. The number of aromatic nitrogens is 1. The normalized spacial score (nSPS) is 9.89. The standard InChI is InChI=1S/C17H10BN/c18-16-9-7-13(8-10-16)5-6-14-11-15-3-1-2-4-17(15)19-12-14/h1-4,7-12H. The average molecular weight is 239 g/mol. The predicted molar refractivity (Wildman–Crippen MR) is 79.6 cm³/mol. The molecule has 1 aromatic heterocycles. The fraction of sp³-hybridized carbons (Fsp3) is 0. The van der Waals surface area contributed by atoms with E-state index in [0.717, 1.165) is 27.5 Å². The van der Waals surface area contributed by atoms with Crippen LogP contribution in [0.25, 0.3) is 10.9 Å². The van der Waals surface area contributed by atoms with Crippen LogP contribution in [0, 0.1) is 11.8 Å². The molecule has 0 amide bonds. The summed E-state index contributed by atoms with van der Waals surface area (Å²) in [5, 5.41) is 1.10. The van der Waals surface area contributed by atoms with Crippen LogP contribution < -0.4 is 5.46 Å². The molecule has 86 valence electrons. The number of fused-ring (bicyclic) bond motifs is 1. The molecule has 0 atom stereocenters. The lowest BCUT2D eigenvalue weighted by atomic mass is 9.95. The number of benzene rings is 2. The monoisotopic (exact) mass is 239 g/mol. The molecule has 0 N–H and O–H groups in total. The summed E-state index contributed by atoms with van der Waals surface area (Å²) in [5.74, 6) is 6.23. The Morgan fingerprint density at radius 2 is 1.58 bits per heavy atom. The van der Waals surface area contributed by atoms with E-state index in [4.69, 9.17) is 7.85 Å². The van der Waals surface area contributed by atoms with Crippen LogP contribution in [0.15, 0.2) is 60.8 Å². The van der Waals surface area contributed by atoms with E-state index in [1.54, 1.807) is 6.20 Å². The number of hydrogen-bond acceptors (Lipinski definition) is 1. The Bertz CT molecular complexity index is 779. The molecule has 0 aliphatic rings. The third-order valence-electron chi connectivity index (χ3n) is 2.85. The minimum atomic E-state index is 0.748. The number of rotatable bonds is 0. The average Bonchev–Trinajstić information content (AvgIpc) is 2.46. The van der Waals surface area contributed by atoms with Gasteiger partial charge in [-0.2, -0.15) is 0 Å². The van der Waals surface area contributed by atoms with E-state index < -0.39 is 0 Å². The third kappa shape index (κ3) is 2.66. The van der Waals surface area contributed by atoms with E-state index in [9.17, 15) is 0 Å². The van der Waals surface area contributed by atoms with E-state index in [-0.39, 0.29) is 0 Å². The molecule has 0 spiro atoms. The minimum absolute atomic E-state index is 0.748. The second-order valence-electron chi connectivity index (χ2n) is 4.29. The summed E-state index contributed by atoms with van der Waals surface area (Å²) in [6.45, 7) is 0. The summed E-state index contributed by atoms with van der Waals surface area (Å²) in [6.07, 6.45) is 1.80. The van der Waals surface area contributed by atoms with Crippen LogP contribution in [0.2, 0.25) is 0 Å². The van der Waals surface area contributed by atoms with Crippen molar-refractivity contribution >= 4 is 24.2 Å². The third-order valence-corrected chi connectivity index (χ3v) is 2.85. The second-order valence-corrected chi connectivity index (χ2v) is 4.29. The first-order chi connectivity index (χ1) is 9.31. The summed E-state index contributed by atoms with van der Waals surface area (Å²) in [4.78, 5) is 4.39. The molecular weight excluding hydrogens is 229 g/mol. The van der Waals surface area contributed by atoms with Crippen LogP contribution in [0.3, 0.4) is 0 Å². The maximum atomic E-state index is 5.64. The van der Waals surface area contributed by atoms with Gasteiger partial charge in [0.05, 0.1) is 5.52 Å². The van der Waals surface area contributed by atoms with E-state index >= 15 is 0 Å². The minimum Gasteiger partial charge on any atom is -0.255 e. The van der Waals surface area contributed by atoms with Crippen LogP contribution in [0.5, 0.6) is 0 Å². The summed E-state index contributed by atoms with van der Waals surface area (Å²) in [5.41, 5.74) is 3.59. The van der Waals surface area contributed by atoms with Gasteiger partial charge in [0.25, 0.3) is 0 Å². The summed E-state index contributed by atoms with van der Waals surface area (Å²) in [7, 11) is 5.64. The molecule has 3 aromatic rings. The SMILES string of the molecule is [B]c1ccc(C#Cc2cnc3ccccc3c2)cc1. The van der Waals surface area contributed by atoms with Gasteiger partial charge in [-0.3, -0.25) is 4.98 Å². The second kappa shape index (κ2) is 5.00. The predicted octanol–water partition coefficient (Wildman–Crippen LogP) is 2.43. The fourth-order valence-corrected chi connectivity index (χ4v) is 1.85. The van der Waals surface area contributed by atoms with Gasteiger partial charge in [-0.15, -0.1) is 0 Å². The Hall–Kier alpha value is -2.53. The Labute approximate surface area is 113 Å². The first-order valence-electron chi connectivity index (χ1n) is 6.04. The molecule has 19 heavy (non-hydrogen) atoms. The van der Waals surface area contributed by atoms with Gasteiger partial charge in [0, 0.05) is 22.7 Å². The van der Waals surface area contributed by atoms with Crippen LogP contribution in [-0.4, -0.2) is 12.8 Å². The van der Waals surface area contributed by atoms with E-state index in [1.807, 2.05) is 54.6 Å². The summed E-state index contributed by atoms with van der Waals surface area (Å²) < 4.78 is 0. The number of pyridine rings is 1. The largest absolute Gasteiger partial charge is 0.255 e. The van der Waals surface area contributed by atoms with Crippen molar-refractivity contribution in [1.29, 1.82) is 0 Å². The zero-order valence-corrected chi connectivity index (χ0v) is 10.3. The van der Waals surface area contributed by atoms with Crippen molar-refractivity contribution in [3.63, 3.8) is 0 Å². The maximum Gasteiger partial charge on any atom is 0.113 e. The van der Waals surface area contributed by atoms with Crippen molar-refractivity contribution in [1.82, 2.24) is 4.98 Å². The molecule has 0 aliphatic carbocycles. The molecule has 0 aliphatic heterocycles. The first-order valence-corrected chi connectivity index (χ1v) is 6.04. The van der Waals surface area contributed by atoms with Crippen LogP contribution in [-0.2, 0) is 0 Å². The molecule has 2 radical (unpaired) electrons. The van der Waals surface area contributed by atoms with Crippen molar-refractivity contribution in [3.8, 4) is 11.8 Å². The molecule has 1 heterocycles. The van der Waals surface area contributed by atoms with Crippen molar-refractivity contribution in [2.45, 2.75) is 0 Å². The number of nitrogens with zero attached hydrogens (tertiary/aromatic N) is 1. The van der Waals surface area contributed by atoms with Crippen LogP contribution >= 0.6 is 0 Å². The zero-order valence-electron chi connectivity index (χ0n) is 10.3. The Morgan fingerprint density at radius 3 is 2.42 bits per heavy atom. The fourth-order valence-electron chi connectivity index (χ4n) is 1.85. The molecular formula is C17H10BN. The van der Waals surface area contributed by atoms with E-state index in [1.165, 1.54) is 0 Å². The molecule has 2 heteroatoms. The lowest BCUT2D eigenvalue weighted by Crippen LogP contribution is -1.99. The molecule has 0 saturated heterocycles.